The molecule has 1 heterocycles. The van der Waals surface area contributed by atoms with Crippen molar-refractivity contribution in [2.24, 2.45) is 0 Å². The number of aryl methyl sites for hydroxylation is 1. The molecule has 0 unspecified atom stereocenters. The first kappa shape index (κ1) is 14.9. The summed E-state index contributed by atoms with van der Waals surface area (Å²) in [6.45, 7) is 1.71. The monoisotopic (exact) mass is 314 g/mol. The smallest absolute Gasteiger partial charge is 0.196 e. The van der Waals surface area contributed by atoms with Crippen LogP contribution >= 0.6 is 23.3 Å². The van der Waals surface area contributed by atoms with Crippen molar-refractivity contribution < 1.29 is 13.2 Å². The number of alkyl halides is 3. The van der Waals surface area contributed by atoms with E-state index in [1.54, 1.807) is 13.2 Å². The molecule has 0 saturated heterocycles. The highest BCUT2D eigenvalue weighted by Gasteiger charge is 2.31. The van der Waals surface area contributed by atoms with Crippen LogP contribution in [0.4, 0.5) is 13.2 Å². The average Bonchev–Trinajstić information content (AvgIpc) is 2.77. The SMILES string of the molecule is CSc1cc(C(F)(F)F)ccc1-c1snc(C)c1C#N. The Bertz CT molecular complexity index is 684. The van der Waals surface area contributed by atoms with Gasteiger partial charge in [-0.2, -0.15) is 22.8 Å². The Morgan fingerprint density at radius 2 is 2.05 bits per heavy atom. The van der Waals surface area contributed by atoms with Crippen LogP contribution in [0.3, 0.4) is 0 Å². The summed E-state index contributed by atoms with van der Waals surface area (Å²) in [4.78, 5) is 1.10. The number of hydrogen-bond donors (Lipinski definition) is 0. The zero-order valence-electron chi connectivity index (χ0n) is 10.6. The van der Waals surface area contributed by atoms with E-state index >= 15 is 0 Å². The van der Waals surface area contributed by atoms with Crippen LogP contribution in [0.15, 0.2) is 23.1 Å². The van der Waals surface area contributed by atoms with Gasteiger partial charge in [-0.25, -0.2) is 0 Å². The highest BCUT2D eigenvalue weighted by Crippen LogP contribution is 2.39. The third-order valence-corrected chi connectivity index (χ3v) is 4.50. The molecule has 0 fully saturated rings. The lowest BCUT2D eigenvalue weighted by Crippen LogP contribution is -2.04. The molecule has 0 aliphatic carbocycles. The molecular weight excluding hydrogens is 305 g/mol. The van der Waals surface area contributed by atoms with Crippen molar-refractivity contribution in [2.75, 3.05) is 6.26 Å². The third-order valence-electron chi connectivity index (χ3n) is 2.75. The van der Waals surface area contributed by atoms with Crippen molar-refractivity contribution in [3.63, 3.8) is 0 Å². The maximum absolute atomic E-state index is 12.7. The molecule has 0 N–H and O–H groups in total. The first-order valence-corrected chi connectivity index (χ1v) is 7.50. The summed E-state index contributed by atoms with van der Waals surface area (Å²) in [7, 11) is 0. The molecule has 0 aliphatic heterocycles. The van der Waals surface area contributed by atoms with Crippen LogP contribution in [0.2, 0.25) is 0 Å². The summed E-state index contributed by atoms with van der Waals surface area (Å²) < 4.78 is 42.2. The van der Waals surface area contributed by atoms with Crippen molar-refractivity contribution in [3.05, 3.63) is 35.0 Å². The molecule has 7 heteroatoms. The molecule has 1 aromatic carbocycles. The Kier molecular flexibility index (Phi) is 4.06. The van der Waals surface area contributed by atoms with Crippen molar-refractivity contribution in [1.82, 2.24) is 4.37 Å². The van der Waals surface area contributed by atoms with Gasteiger partial charge in [-0.1, -0.05) is 6.07 Å². The zero-order valence-corrected chi connectivity index (χ0v) is 12.2. The molecule has 0 radical (unpaired) electrons. The summed E-state index contributed by atoms with van der Waals surface area (Å²) in [6, 6.07) is 5.60. The lowest BCUT2D eigenvalue weighted by atomic mass is 10.1. The van der Waals surface area contributed by atoms with E-state index in [0.29, 0.717) is 26.6 Å². The molecule has 0 saturated carbocycles. The van der Waals surface area contributed by atoms with Crippen molar-refractivity contribution >= 4 is 23.3 Å². The second-order valence-corrected chi connectivity index (χ2v) is 5.62. The number of hydrogen-bond acceptors (Lipinski definition) is 4. The molecule has 1 aromatic heterocycles. The van der Waals surface area contributed by atoms with E-state index in [1.807, 2.05) is 0 Å². The predicted molar refractivity (Wildman–Crippen MR) is 73.8 cm³/mol. The van der Waals surface area contributed by atoms with Gasteiger partial charge < -0.3 is 0 Å². The molecular formula is C13H9F3N2S2. The number of rotatable bonds is 2. The van der Waals surface area contributed by atoms with Gasteiger partial charge in [-0.3, -0.25) is 0 Å². The third kappa shape index (κ3) is 2.67. The molecule has 2 nitrogen and oxygen atoms in total. The maximum atomic E-state index is 12.7. The molecule has 0 amide bonds. The Morgan fingerprint density at radius 1 is 1.35 bits per heavy atom. The minimum atomic E-state index is -4.37. The van der Waals surface area contributed by atoms with Gasteiger partial charge in [0.15, 0.2) is 0 Å². The molecule has 20 heavy (non-hydrogen) atoms. The number of thioether (sulfide) groups is 1. The summed E-state index contributed by atoms with van der Waals surface area (Å²) >= 11 is 2.35. The highest BCUT2D eigenvalue weighted by molar-refractivity contribution is 7.98. The molecule has 0 spiro atoms. The van der Waals surface area contributed by atoms with Crippen LogP contribution in [0.25, 0.3) is 10.4 Å². The standard InChI is InChI=1S/C13H9F3N2S2/c1-7-10(6-17)12(20-18-7)9-4-3-8(13(14,15)16)5-11(9)19-2/h3-5H,1-2H3. The first-order chi connectivity index (χ1) is 9.38. The lowest BCUT2D eigenvalue weighted by molar-refractivity contribution is -0.137. The van der Waals surface area contributed by atoms with Gasteiger partial charge in [-0.15, -0.1) is 11.8 Å². The van der Waals surface area contributed by atoms with E-state index in [1.165, 1.54) is 17.8 Å². The van der Waals surface area contributed by atoms with Crippen LogP contribution in [0.5, 0.6) is 0 Å². The first-order valence-electron chi connectivity index (χ1n) is 5.50. The van der Waals surface area contributed by atoms with Crippen molar-refractivity contribution in [3.8, 4) is 16.5 Å². The van der Waals surface area contributed by atoms with Crippen LogP contribution in [0, 0.1) is 18.3 Å². The van der Waals surface area contributed by atoms with Crippen LogP contribution < -0.4 is 0 Å². The summed E-state index contributed by atoms with van der Waals surface area (Å²) in [5.74, 6) is 0. The fourth-order valence-electron chi connectivity index (χ4n) is 1.74. The van der Waals surface area contributed by atoms with Gasteiger partial charge in [0, 0.05) is 10.5 Å². The maximum Gasteiger partial charge on any atom is 0.416 e. The second-order valence-electron chi connectivity index (χ2n) is 4.00. The number of nitrogens with zero attached hydrogens (tertiary/aromatic N) is 2. The predicted octanol–water partition coefficient (Wildman–Crippen LogP) is 4.73. The highest BCUT2D eigenvalue weighted by atomic mass is 32.2. The van der Waals surface area contributed by atoms with Gasteiger partial charge >= 0.3 is 6.18 Å². The number of benzene rings is 1. The van der Waals surface area contributed by atoms with Crippen LogP contribution in [-0.2, 0) is 6.18 Å². The summed E-state index contributed by atoms with van der Waals surface area (Å²) in [5, 5.41) is 9.13. The summed E-state index contributed by atoms with van der Waals surface area (Å²) in [6.07, 6.45) is -2.66. The van der Waals surface area contributed by atoms with E-state index in [-0.39, 0.29) is 0 Å². The summed E-state index contributed by atoms with van der Waals surface area (Å²) in [5.41, 5.74) is 0.947. The largest absolute Gasteiger partial charge is 0.416 e. The van der Waals surface area contributed by atoms with Gasteiger partial charge in [-0.05, 0) is 36.8 Å². The Balaban J connectivity index is 2.61. The zero-order chi connectivity index (χ0) is 14.9. The lowest BCUT2D eigenvalue weighted by Gasteiger charge is -2.11. The van der Waals surface area contributed by atoms with Gasteiger partial charge in [0.05, 0.1) is 21.7 Å². The normalized spacial score (nSPS) is 11.4. The minimum Gasteiger partial charge on any atom is -0.196 e. The quantitative estimate of drug-likeness (QED) is 0.752. The van der Waals surface area contributed by atoms with E-state index < -0.39 is 11.7 Å². The van der Waals surface area contributed by atoms with E-state index in [9.17, 15) is 13.2 Å². The van der Waals surface area contributed by atoms with E-state index in [4.69, 9.17) is 5.26 Å². The molecule has 2 rings (SSSR count). The molecule has 0 atom stereocenters. The molecule has 0 bridgehead atoms. The van der Waals surface area contributed by atoms with E-state index in [2.05, 4.69) is 10.4 Å². The Hall–Kier alpha value is -1.52. The van der Waals surface area contributed by atoms with Gasteiger partial charge in [0.1, 0.15) is 6.07 Å². The van der Waals surface area contributed by atoms with Crippen molar-refractivity contribution in [2.45, 2.75) is 18.0 Å². The topological polar surface area (TPSA) is 36.7 Å². The fourth-order valence-corrected chi connectivity index (χ4v) is 3.32. The Morgan fingerprint density at radius 3 is 2.60 bits per heavy atom. The second kappa shape index (κ2) is 5.46. The molecule has 104 valence electrons. The van der Waals surface area contributed by atoms with E-state index in [0.717, 1.165) is 23.7 Å². The number of nitriles is 1. The minimum absolute atomic E-state index is 0.421. The number of halogens is 3. The van der Waals surface area contributed by atoms with Gasteiger partial charge in [0.2, 0.25) is 0 Å². The molecule has 0 aliphatic rings. The molecule has 2 aromatic rings. The fraction of sp³-hybridized carbons (Fsp3) is 0.231. The van der Waals surface area contributed by atoms with Crippen LogP contribution in [-0.4, -0.2) is 10.6 Å². The van der Waals surface area contributed by atoms with Crippen LogP contribution in [0.1, 0.15) is 16.8 Å². The van der Waals surface area contributed by atoms with Crippen molar-refractivity contribution in [1.29, 1.82) is 5.26 Å². The Labute approximate surface area is 122 Å². The van der Waals surface area contributed by atoms with Gasteiger partial charge in [0.25, 0.3) is 0 Å². The average molecular weight is 314 g/mol. The number of aromatic nitrogens is 1.